The van der Waals surface area contributed by atoms with Crippen molar-refractivity contribution in [2.75, 3.05) is 0 Å². The van der Waals surface area contributed by atoms with Crippen molar-refractivity contribution in [2.45, 2.75) is 0 Å². The maximum atomic E-state index is 7.51. The van der Waals surface area contributed by atoms with Crippen molar-refractivity contribution in [3.05, 3.63) is 12.7 Å². The lowest BCUT2D eigenvalue weighted by Gasteiger charge is -1.31. The van der Waals surface area contributed by atoms with E-state index in [0.29, 0.717) is 0 Å². The Balaban J connectivity index is 0. The van der Waals surface area contributed by atoms with Crippen LogP contribution in [-0.2, 0) is 0 Å². The van der Waals surface area contributed by atoms with Crippen LogP contribution in [0.1, 0.15) is 0 Å². The Morgan fingerprint density at radius 2 is 2.00 bits per heavy atom. The molecule has 0 aliphatic heterocycles. The number of hydrogen-bond acceptors (Lipinski definition) is 1. The van der Waals surface area contributed by atoms with Crippen LogP contribution in [0.2, 0.25) is 0 Å². The van der Waals surface area contributed by atoms with Gasteiger partial charge in [0.15, 0.2) is 0 Å². The van der Waals surface area contributed by atoms with Crippen molar-refractivity contribution >= 4 is 11.0 Å². The highest BCUT2D eigenvalue weighted by Gasteiger charge is 1.34. The first kappa shape index (κ1) is 8.82. The van der Waals surface area contributed by atoms with E-state index in [0.717, 1.165) is 0 Å². The van der Waals surface area contributed by atoms with Gasteiger partial charge in [-0.25, -0.2) is 0 Å². The number of nitrogens with zero attached hydrogens (tertiary/aromatic N) is 1. The van der Waals surface area contributed by atoms with Crippen LogP contribution in [0.4, 0.5) is 0 Å². The smallest absolute Gasteiger partial charge is 0.0905 e. The van der Waals surface area contributed by atoms with Gasteiger partial charge in [0, 0.05) is 17.0 Å². The molecule has 0 saturated carbocycles. The molecule has 0 aromatic rings. The molecule has 2 heteroatoms. The molecule has 5 heavy (non-hydrogen) atoms. The van der Waals surface area contributed by atoms with Gasteiger partial charge in [-0.05, 0) is 0 Å². The summed E-state index contributed by atoms with van der Waals surface area (Å²) in [4.78, 5) is 0. The van der Waals surface area contributed by atoms with Crippen molar-refractivity contribution < 1.29 is 0 Å². The molecule has 0 spiro atoms. The minimum atomic E-state index is 0. The quantitative estimate of drug-likeness (QED) is 0.304. The largest absolute Gasteiger partial charge is 0.193 e. The molecule has 0 aliphatic rings. The molecule has 0 atom stereocenters. The van der Waals surface area contributed by atoms with Gasteiger partial charge >= 0.3 is 0 Å². The molecular formula is C3H3NSi. The highest BCUT2D eigenvalue weighted by atomic mass is 28.1. The molecule has 24 valence electrons. The second kappa shape index (κ2) is 9.86. The SMILES string of the molecule is C=CC#N.[Si]. The number of nitriles is 1. The van der Waals surface area contributed by atoms with Crippen LogP contribution in [0, 0.1) is 11.3 Å². The normalized spacial score (nSPS) is 3.00. The highest BCUT2D eigenvalue weighted by Crippen LogP contribution is 1.41. The van der Waals surface area contributed by atoms with E-state index in [4.69, 9.17) is 5.26 Å². The zero-order valence-corrected chi connectivity index (χ0v) is 3.73. The number of hydrogen-bond donors (Lipinski definition) is 0. The fourth-order valence-corrected chi connectivity index (χ4v) is 0. The van der Waals surface area contributed by atoms with E-state index >= 15 is 0 Å². The van der Waals surface area contributed by atoms with E-state index in [1.54, 1.807) is 6.07 Å². The standard InChI is InChI=1S/C3H3N.Si/c1-2-3-4;/h2H,1H2;. The second-order valence-electron chi connectivity index (χ2n) is 0.333. The molecule has 0 unspecified atom stereocenters. The summed E-state index contributed by atoms with van der Waals surface area (Å²) < 4.78 is 0. The Labute approximate surface area is 35.9 Å². The zero-order valence-electron chi connectivity index (χ0n) is 2.73. The van der Waals surface area contributed by atoms with Gasteiger partial charge in [-0.15, -0.1) is 0 Å². The number of allylic oxidation sites excluding steroid dienone is 1. The Morgan fingerprint density at radius 3 is 2.00 bits per heavy atom. The summed E-state index contributed by atoms with van der Waals surface area (Å²) in [5.74, 6) is 0. The van der Waals surface area contributed by atoms with Gasteiger partial charge in [-0.2, -0.15) is 5.26 Å². The lowest BCUT2D eigenvalue weighted by atomic mass is 10.8. The summed E-state index contributed by atoms with van der Waals surface area (Å²) in [6, 6.07) is 1.69. The molecule has 0 bridgehead atoms. The van der Waals surface area contributed by atoms with Crippen molar-refractivity contribution in [1.82, 2.24) is 0 Å². The average molecular weight is 81.1 g/mol. The Bertz CT molecular complexity index is 52.4. The topological polar surface area (TPSA) is 23.8 Å². The van der Waals surface area contributed by atoms with Crippen LogP contribution in [0.15, 0.2) is 12.7 Å². The number of rotatable bonds is 0. The zero-order chi connectivity index (χ0) is 3.41. The molecule has 0 heterocycles. The minimum absolute atomic E-state index is 0. The molecule has 4 radical (unpaired) electrons. The maximum Gasteiger partial charge on any atom is 0.0905 e. The van der Waals surface area contributed by atoms with Crippen molar-refractivity contribution in [1.29, 1.82) is 5.26 Å². The van der Waals surface area contributed by atoms with Gasteiger partial charge in [0.25, 0.3) is 0 Å². The van der Waals surface area contributed by atoms with Gasteiger partial charge in [-0.3, -0.25) is 0 Å². The molecule has 0 amide bonds. The Morgan fingerprint density at radius 1 is 1.80 bits per heavy atom. The summed E-state index contributed by atoms with van der Waals surface area (Å²) in [5, 5.41) is 7.51. The predicted octanol–water partition coefficient (Wildman–Crippen LogP) is 0.315. The second-order valence-corrected chi connectivity index (χ2v) is 0.333. The summed E-state index contributed by atoms with van der Waals surface area (Å²) in [6.07, 6.45) is 1.18. The molecule has 0 aromatic heterocycles. The highest BCUT2D eigenvalue weighted by molar-refractivity contribution is 5.75. The lowest BCUT2D eigenvalue weighted by Crippen LogP contribution is -1.23. The van der Waals surface area contributed by atoms with Crippen molar-refractivity contribution in [3.63, 3.8) is 0 Å². The molecular weight excluding hydrogens is 78.1 g/mol. The van der Waals surface area contributed by atoms with Gasteiger partial charge < -0.3 is 0 Å². The monoisotopic (exact) mass is 81.0 g/mol. The van der Waals surface area contributed by atoms with Crippen LogP contribution >= 0.6 is 0 Å². The third-order valence-electron chi connectivity index (χ3n) is 0.0913. The van der Waals surface area contributed by atoms with Crippen molar-refractivity contribution in [2.24, 2.45) is 0 Å². The van der Waals surface area contributed by atoms with Crippen LogP contribution in [-0.4, -0.2) is 11.0 Å². The van der Waals surface area contributed by atoms with Crippen LogP contribution < -0.4 is 0 Å². The fraction of sp³-hybridized carbons (Fsp3) is 0. The summed E-state index contributed by atoms with van der Waals surface area (Å²) >= 11 is 0. The summed E-state index contributed by atoms with van der Waals surface area (Å²) in [6.45, 7) is 3.12. The van der Waals surface area contributed by atoms with E-state index in [2.05, 4.69) is 6.58 Å². The van der Waals surface area contributed by atoms with Crippen LogP contribution in [0.5, 0.6) is 0 Å². The molecule has 0 saturated heterocycles. The molecule has 0 aromatic carbocycles. The summed E-state index contributed by atoms with van der Waals surface area (Å²) in [5.41, 5.74) is 0. The van der Waals surface area contributed by atoms with Gasteiger partial charge in [0.1, 0.15) is 0 Å². The first-order valence-corrected chi connectivity index (χ1v) is 0.921. The Kier molecular flexibility index (Phi) is 17.4. The van der Waals surface area contributed by atoms with Gasteiger partial charge in [0.2, 0.25) is 0 Å². The fourth-order valence-electron chi connectivity index (χ4n) is 0. The molecule has 0 aliphatic carbocycles. The van der Waals surface area contributed by atoms with E-state index in [1.165, 1.54) is 6.08 Å². The van der Waals surface area contributed by atoms with E-state index in [9.17, 15) is 0 Å². The average Bonchev–Trinajstić information content (AvgIpc) is 1.37. The van der Waals surface area contributed by atoms with Crippen molar-refractivity contribution in [3.8, 4) is 6.07 Å². The van der Waals surface area contributed by atoms with Gasteiger partial charge in [0.05, 0.1) is 6.07 Å². The molecule has 1 nitrogen and oxygen atoms in total. The van der Waals surface area contributed by atoms with E-state index in [-0.39, 0.29) is 11.0 Å². The first-order chi connectivity index (χ1) is 1.91. The van der Waals surface area contributed by atoms with E-state index in [1.807, 2.05) is 0 Å². The predicted molar refractivity (Wildman–Crippen MR) is 21.6 cm³/mol. The summed E-state index contributed by atoms with van der Waals surface area (Å²) in [7, 11) is 0. The lowest BCUT2D eigenvalue weighted by molar-refractivity contribution is 1.54. The van der Waals surface area contributed by atoms with E-state index < -0.39 is 0 Å². The third-order valence-corrected chi connectivity index (χ3v) is 0.0913. The first-order valence-electron chi connectivity index (χ1n) is 0.921. The van der Waals surface area contributed by atoms with Crippen LogP contribution in [0.3, 0.4) is 0 Å². The van der Waals surface area contributed by atoms with Gasteiger partial charge in [-0.1, -0.05) is 6.58 Å². The van der Waals surface area contributed by atoms with Crippen LogP contribution in [0.25, 0.3) is 0 Å². The third kappa shape index (κ3) is 36.1. The maximum absolute atomic E-state index is 7.51. The minimum Gasteiger partial charge on any atom is -0.193 e. The molecule has 0 fully saturated rings. The molecule has 0 rings (SSSR count). The Hall–Kier alpha value is -0.553. The molecule has 0 N–H and O–H groups in total.